The molecule has 1 fully saturated rings. The number of fused-ring (bicyclic) bond motifs is 1. The Kier molecular flexibility index (Phi) is 5.02. The molecule has 0 unspecified atom stereocenters. The molecule has 0 saturated carbocycles. The molecule has 1 aliphatic carbocycles. The second kappa shape index (κ2) is 7.98. The average Bonchev–Trinajstić information content (AvgIpc) is 3.52. The van der Waals surface area contributed by atoms with E-state index in [0.29, 0.717) is 16.9 Å². The second-order valence-electron chi connectivity index (χ2n) is 8.05. The number of aromatic nitrogens is 2. The lowest BCUT2D eigenvalue weighted by Crippen LogP contribution is -2.27. The molecule has 7 heteroatoms. The molecule has 0 spiro atoms. The smallest absolute Gasteiger partial charge is 0.276 e. The number of anilines is 1. The van der Waals surface area contributed by atoms with Gasteiger partial charge in [0.25, 0.3) is 11.8 Å². The van der Waals surface area contributed by atoms with Crippen molar-refractivity contribution in [2.45, 2.75) is 32.1 Å². The minimum Gasteiger partial charge on any atom is -0.339 e. The van der Waals surface area contributed by atoms with Crippen molar-refractivity contribution < 1.29 is 14.0 Å². The Morgan fingerprint density at radius 3 is 2.32 bits per heavy atom. The predicted octanol–water partition coefficient (Wildman–Crippen LogP) is 3.99. The van der Waals surface area contributed by atoms with Gasteiger partial charge in [0.2, 0.25) is 0 Å². The first-order valence-corrected chi connectivity index (χ1v) is 10.7. The molecule has 2 aromatic carbocycles. The first-order valence-electron chi connectivity index (χ1n) is 10.7. The molecule has 158 valence electrons. The van der Waals surface area contributed by atoms with E-state index in [2.05, 4.69) is 10.4 Å². The van der Waals surface area contributed by atoms with Crippen molar-refractivity contribution in [2.24, 2.45) is 0 Å². The number of halogens is 1. The molecule has 2 heterocycles. The molecule has 31 heavy (non-hydrogen) atoms. The van der Waals surface area contributed by atoms with Gasteiger partial charge in [-0.2, -0.15) is 5.10 Å². The summed E-state index contributed by atoms with van der Waals surface area (Å²) in [6.07, 6.45) is 4.69. The summed E-state index contributed by atoms with van der Waals surface area (Å²) >= 11 is 0. The Morgan fingerprint density at radius 2 is 1.61 bits per heavy atom. The van der Waals surface area contributed by atoms with Crippen LogP contribution in [-0.4, -0.2) is 39.6 Å². The highest BCUT2D eigenvalue weighted by Gasteiger charge is 2.27. The summed E-state index contributed by atoms with van der Waals surface area (Å²) in [4.78, 5) is 27.3. The van der Waals surface area contributed by atoms with Crippen molar-refractivity contribution >= 4 is 17.5 Å². The minimum absolute atomic E-state index is 0.0336. The molecule has 1 N–H and O–H groups in total. The van der Waals surface area contributed by atoms with Crippen molar-refractivity contribution in [3.8, 4) is 5.69 Å². The highest BCUT2D eigenvalue weighted by Crippen LogP contribution is 2.28. The number of amides is 2. The van der Waals surface area contributed by atoms with Gasteiger partial charge in [-0.05, 0) is 80.6 Å². The lowest BCUT2D eigenvalue weighted by molar-refractivity contribution is 0.0792. The highest BCUT2D eigenvalue weighted by molar-refractivity contribution is 6.04. The summed E-state index contributed by atoms with van der Waals surface area (Å²) in [7, 11) is 0. The molecule has 6 nitrogen and oxygen atoms in total. The summed E-state index contributed by atoms with van der Waals surface area (Å²) < 4.78 is 15.0. The van der Waals surface area contributed by atoms with Crippen LogP contribution in [0, 0.1) is 5.82 Å². The quantitative estimate of drug-likeness (QED) is 0.697. The van der Waals surface area contributed by atoms with Crippen LogP contribution in [0.15, 0.2) is 48.5 Å². The molecular formula is C24H23FN4O2. The lowest BCUT2D eigenvalue weighted by atomic mass is 10.1. The Bertz CT molecular complexity index is 1130. The third kappa shape index (κ3) is 3.71. The first-order chi connectivity index (χ1) is 15.1. The molecular weight excluding hydrogens is 395 g/mol. The average molecular weight is 418 g/mol. The summed E-state index contributed by atoms with van der Waals surface area (Å²) in [5.41, 5.74) is 4.33. The van der Waals surface area contributed by atoms with Crippen molar-refractivity contribution in [1.29, 1.82) is 0 Å². The molecule has 0 radical (unpaired) electrons. The van der Waals surface area contributed by atoms with Crippen LogP contribution in [0.4, 0.5) is 10.1 Å². The van der Waals surface area contributed by atoms with Gasteiger partial charge in [-0.15, -0.1) is 0 Å². The summed E-state index contributed by atoms with van der Waals surface area (Å²) in [5.74, 6) is -0.555. The van der Waals surface area contributed by atoms with Crippen molar-refractivity contribution in [3.05, 3.63) is 76.9 Å². The van der Waals surface area contributed by atoms with E-state index in [1.54, 1.807) is 41.1 Å². The number of carbonyl (C=O) groups excluding carboxylic acids is 2. The van der Waals surface area contributed by atoms with Crippen LogP contribution in [0.1, 0.15) is 51.4 Å². The van der Waals surface area contributed by atoms with Gasteiger partial charge in [-0.25, -0.2) is 9.07 Å². The highest BCUT2D eigenvalue weighted by atomic mass is 19.1. The number of nitrogens with one attached hydrogen (secondary N) is 1. The topological polar surface area (TPSA) is 67.2 Å². The maximum Gasteiger partial charge on any atom is 0.276 e. The number of nitrogens with zero attached hydrogens (tertiary/aromatic N) is 3. The molecule has 0 atom stereocenters. The number of hydrogen-bond acceptors (Lipinski definition) is 3. The van der Waals surface area contributed by atoms with E-state index in [0.717, 1.165) is 62.1 Å². The molecule has 2 amide bonds. The Hall–Kier alpha value is -3.48. The molecule has 1 aliphatic heterocycles. The summed E-state index contributed by atoms with van der Waals surface area (Å²) in [6.45, 7) is 1.61. The number of likely N-dealkylation sites (tertiary alicyclic amines) is 1. The van der Waals surface area contributed by atoms with E-state index in [1.165, 1.54) is 12.1 Å². The Labute approximate surface area is 179 Å². The SMILES string of the molecule is O=C(Nc1ccc(C(=O)N2CCCC2)cc1)c1nn(-c2ccc(F)cc2)c2c1CCC2. The second-order valence-corrected chi connectivity index (χ2v) is 8.05. The molecule has 1 saturated heterocycles. The molecule has 1 aromatic heterocycles. The van der Waals surface area contributed by atoms with E-state index >= 15 is 0 Å². The largest absolute Gasteiger partial charge is 0.339 e. The number of hydrogen-bond donors (Lipinski definition) is 1. The van der Waals surface area contributed by atoms with Gasteiger partial charge < -0.3 is 10.2 Å². The van der Waals surface area contributed by atoms with Gasteiger partial charge in [0.05, 0.1) is 5.69 Å². The summed E-state index contributed by atoms with van der Waals surface area (Å²) in [6, 6.07) is 13.1. The standard InChI is InChI=1S/C24H23FN4O2/c25-17-8-12-19(13-9-17)29-21-5-3-4-20(21)22(27-29)23(30)26-18-10-6-16(7-11-18)24(31)28-14-1-2-15-28/h6-13H,1-5,14-15H2,(H,26,30). The van der Waals surface area contributed by atoms with E-state index < -0.39 is 0 Å². The van der Waals surface area contributed by atoms with Gasteiger partial charge in [0.15, 0.2) is 5.69 Å². The Morgan fingerprint density at radius 1 is 0.903 bits per heavy atom. The van der Waals surface area contributed by atoms with E-state index in [4.69, 9.17) is 0 Å². The van der Waals surface area contributed by atoms with Crippen LogP contribution in [0.2, 0.25) is 0 Å². The van der Waals surface area contributed by atoms with Gasteiger partial charge in [0, 0.05) is 35.6 Å². The fraction of sp³-hybridized carbons (Fsp3) is 0.292. The minimum atomic E-state index is -0.308. The van der Waals surface area contributed by atoms with Crippen LogP contribution in [0.3, 0.4) is 0 Å². The van der Waals surface area contributed by atoms with E-state index in [1.807, 2.05) is 4.90 Å². The third-order valence-corrected chi connectivity index (χ3v) is 6.00. The fourth-order valence-corrected chi connectivity index (χ4v) is 4.40. The lowest BCUT2D eigenvalue weighted by Gasteiger charge is -2.15. The number of rotatable bonds is 4. The Balaban J connectivity index is 1.35. The van der Waals surface area contributed by atoms with E-state index in [-0.39, 0.29) is 17.6 Å². The summed E-state index contributed by atoms with van der Waals surface area (Å²) in [5, 5.41) is 7.45. The van der Waals surface area contributed by atoms with Crippen molar-refractivity contribution in [2.75, 3.05) is 18.4 Å². The van der Waals surface area contributed by atoms with Crippen molar-refractivity contribution in [3.63, 3.8) is 0 Å². The zero-order chi connectivity index (χ0) is 21.4. The zero-order valence-corrected chi connectivity index (χ0v) is 17.1. The number of benzene rings is 2. The fourth-order valence-electron chi connectivity index (χ4n) is 4.40. The maximum atomic E-state index is 13.3. The van der Waals surface area contributed by atoms with Crippen LogP contribution in [0.25, 0.3) is 5.69 Å². The zero-order valence-electron chi connectivity index (χ0n) is 17.1. The van der Waals surface area contributed by atoms with Crippen molar-refractivity contribution in [1.82, 2.24) is 14.7 Å². The third-order valence-electron chi connectivity index (χ3n) is 6.00. The van der Waals surface area contributed by atoms with Gasteiger partial charge in [-0.1, -0.05) is 0 Å². The molecule has 2 aliphatic rings. The normalized spacial score (nSPS) is 15.2. The molecule has 3 aromatic rings. The van der Waals surface area contributed by atoms with Crippen LogP contribution in [0.5, 0.6) is 0 Å². The van der Waals surface area contributed by atoms with Gasteiger partial charge in [-0.3, -0.25) is 9.59 Å². The molecule has 0 bridgehead atoms. The molecule has 5 rings (SSSR count). The predicted molar refractivity (Wildman–Crippen MR) is 115 cm³/mol. The maximum absolute atomic E-state index is 13.3. The first kappa shape index (κ1) is 19.5. The van der Waals surface area contributed by atoms with E-state index in [9.17, 15) is 14.0 Å². The monoisotopic (exact) mass is 418 g/mol. The van der Waals surface area contributed by atoms with Gasteiger partial charge >= 0.3 is 0 Å². The van der Waals surface area contributed by atoms with Crippen LogP contribution >= 0.6 is 0 Å². The number of carbonyl (C=O) groups is 2. The van der Waals surface area contributed by atoms with Crippen LogP contribution in [-0.2, 0) is 12.8 Å². The van der Waals surface area contributed by atoms with Gasteiger partial charge in [0.1, 0.15) is 5.82 Å². The van der Waals surface area contributed by atoms with Crippen LogP contribution < -0.4 is 5.32 Å².